The van der Waals surface area contributed by atoms with Crippen molar-refractivity contribution in [1.29, 1.82) is 0 Å². The molecule has 1 fully saturated rings. The van der Waals surface area contributed by atoms with Crippen LogP contribution in [0.2, 0.25) is 0 Å². The molecular weight excluding hydrogens is 243 g/mol. The number of ketones is 1. The molecule has 94 valence electrons. The fourth-order valence-electron chi connectivity index (χ4n) is 2.02. The molecule has 0 radical (unpaired) electrons. The topological polar surface area (TPSA) is 57.5 Å². The molecule has 1 aliphatic rings. The monoisotopic (exact) mass is 258 g/mol. The van der Waals surface area contributed by atoms with Crippen LogP contribution in [0.5, 0.6) is 0 Å². The Labute approximate surface area is 101 Å². The summed E-state index contributed by atoms with van der Waals surface area (Å²) in [5.41, 5.74) is 0.495. The Morgan fingerprint density at radius 1 is 1.18 bits per heavy atom. The first-order valence-electron chi connectivity index (χ1n) is 5.51. The van der Waals surface area contributed by atoms with Gasteiger partial charge in [0, 0.05) is 23.0 Å². The van der Waals surface area contributed by atoms with Crippen LogP contribution in [0.1, 0.15) is 23.2 Å². The molecule has 5 heteroatoms. The van der Waals surface area contributed by atoms with E-state index in [-0.39, 0.29) is 17.5 Å². The van der Waals surface area contributed by atoms with Crippen LogP contribution in [0.3, 0.4) is 0 Å². The first-order valence-corrected chi connectivity index (χ1v) is 7.40. The van der Waals surface area contributed by atoms with Crippen LogP contribution < -0.4 is 0 Å². The molecular formula is C12H15FO3S. The summed E-state index contributed by atoms with van der Waals surface area (Å²) in [6.07, 6.45) is 0.997. The molecule has 3 nitrogen and oxygen atoms in total. The lowest BCUT2D eigenvalue weighted by Gasteiger charge is -2.38. The zero-order valence-corrected chi connectivity index (χ0v) is 10.1. The standard InChI is InChI=1S/C12H15FO3S/c13-11-3-1-9(2-4-11)12(14)10-5-7-17(15,16)8-6-10/h1-4,10,15-16H,5-8H2. The number of halogens is 1. The largest absolute Gasteiger partial charge is 0.299 e. The average molecular weight is 258 g/mol. The number of carbonyl (C=O) groups excluding carboxylic acids is 1. The van der Waals surface area contributed by atoms with E-state index in [2.05, 4.69) is 0 Å². The van der Waals surface area contributed by atoms with Gasteiger partial charge in [-0.2, -0.15) is 10.6 Å². The maximum atomic E-state index is 12.7. The van der Waals surface area contributed by atoms with E-state index >= 15 is 0 Å². The normalized spacial score (nSPS) is 22.1. The molecule has 17 heavy (non-hydrogen) atoms. The highest BCUT2D eigenvalue weighted by Gasteiger charge is 2.29. The summed E-state index contributed by atoms with van der Waals surface area (Å²) in [7, 11) is -2.45. The van der Waals surface area contributed by atoms with Crippen molar-refractivity contribution in [2.45, 2.75) is 12.8 Å². The molecule has 1 heterocycles. The lowest BCUT2D eigenvalue weighted by Crippen LogP contribution is -2.26. The second kappa shape index (κ2) is 4.76. The Balaban J connectivity index is 2.04. The molecule has 1 aromatic carbocycles. The molecule has 1 aromatic rings. The molecule has 0 spiro atoms. The first kappa shape index (κ1) is 12.5. The fourth-order valence-corrected chi connectivity index (χ4v) is 3.55. The van der Waals surface area contributed by atoms with E-state index in [0.29, 0.717) is 29.9 Å². The lowest BCUT2D eigenvalue weighted by atomic mass is 9.93. The van der Waals surface area contributed by atoms with Crippen LogP contribution in [-0.2, 0) is 0 Å². The molecule has 1 saturated heterocycles. The number of hydrogen-bond donors (Lipinski definition) is 2. The number of Topliss-reactive ketones (excluding diaryl/α,β-unsaturated/α-hetero) is 1. The second-order valence-corrected chi connectivity index (χ2v) is 6.78. The molecule has 0 atom stereocenters. The quantitative estimate of drug-likeness (QED) is 0.801. The van der Waals surface area contributed by atoms with Gasteiger partial charge >= 0.3 is 0 Å². The summed E-state index contributed by atoms with van der Waals surface area (Å²) in [6, 6.07) is 5.49. The molecule has 2 N–H and O–H groups in total. The Bertz CT molecular complexity index is 406. The first-order chi connectivity index (χ1) is 7.98. The Morgan fingerprint density at radius 3 is 2.24 bits per heavy atom. The minimum absolute atomic E-state index is 0.0279. The molecule has 0 amide bonds. The van der Waals surface area contributed by atoms with Crippen molar-refractivity contribution >= 4 is 16.4 Å². The average Bonchev–Trinajstić information content (AvgIpc) is 2.29. The maximum Gasteiger partial charge on any atom is 0.166 e. The minimum atomic E-state index is -2.45. The molecule has 1 aliphatic heterocycles. The van der Waals surface area contributed by atoms with Gasteiger partial charge in [0.05, 0.1) is 0 Å². The van der Waals surface area contributed by atoms with Gasteiger partial charge in [-0.05, 0) is 37.1 Å². The molecule has 0 unspecified atom stereocenters. The number of rotatable bonds is 2. The van der Waals surface area contributed by atoms with Crippen LogP contribution in [-0.4, -0.2) is 26.4 Å². The fraction of sp³-hybridized carbons (Fsp3) is 0.417. The number of hydrogen-bond acceptors (Lipinski definition) is 3. The summed E-state index contributed by atoms with van der Waals surface area (Å²) in [5, 5.41) is 0. The summed E-state index contributed by atoms with van der Waals surface area (Å²) < 4.78 is 31.6. The van der Waals surface area contributed by atoms with Gasteiger partial charge in [-0.15, -0.1) is 0 Å². The summed E-state index contributed by atoms with van der Waals surface area (Å²) in [5.74, 6) is 0.0366. The highest BCUT2D eigenvalue weighted by Crippen LogP contribution is 2.46. The lowest BCUT2D eigenvalue weighted by molar-refractivity contribution is 0.0911. The van der Waals surface area contributed by atoms with Gasteiger partial charge in [0.1, 0.15) is 5.82 Å². The van der Waals surface area contributed by atoms with Gasteiger partial charge in [0.15, 0.2) is 5.78 Å². The smallest absolute Gasteiger partial charge is 0.166 e. The SMILES string of the molecule is O=C(c1ccc(F)cc1)C1CCS(O)(O)CC1. The van der Waals surface area contributed by atoms with E-state index in [1.165, 1.54) is 24.3 Å². The second-order valence-electron chi connectivity index (χ2n) is 4.36. The highest BCUT2D eigenvalue weighted by atomic mass is 32.3. The zero-order chi connectivity index (χ0) is 12.5. The van der Waals surface area contributed by atoms with Crippen molar-refractivity contribution in [2.75, 3.05) is 11.5 Å². The van der Waals surface area contributed by atoms with E-state index in [1.807, 2.05) is 0 Å². The van der Waals surface area contributed by atoms with Gasteiger partial charge in [0.25, 0.3) is 0 Å². The third-order valence-electron chi connectivity index (χ3n) is 3.09. The summed E-state index contributed by atoms with van der Waals surface area (Å²) in [4.78, 5) is 12.0. The van der Waals surface area contributed by atoms with Crippen molar-refractivity contribution < 1.29 is 18.3 Å². The number of carbonyl (C=O) groups is 1. The third kappa shape index (κ3) is 3.06. The predicted octanol–water partition coefficient (Wildman–Crippen LogP) is 3.17. The van der Waals surface area contributed by atoms with E-state index in [9.17, 15) is 18.3 Å². The van der Waals surface area contributed by atoms with Crippen molar-refractivity contribution in [3.8, 4) is 0 Å². The molecule has 0 saturated carbocycles. The van der Waals surface area contributed by atoms with Gasteiger partial charge in [-0.1, -0.05) is 0 Å². The Morgan fingerprint density at radius 2 is 1.71 bits per heavy atom. The van der Waals surface area contributed by atoms with Crippen molar-refractivity contribution in [3.05, 3.63) is 35.6 Å². The van der Waals surface area contributed by atoms with Gasteiger partial charge in [0.2, 0.25) is 0 Å². The summed E-state index contributed by atoms with van der Waals surface area (Å²) in [6.45, 7) is 0. The maximum absolute atomic E-state index is 12.7. The molecule has 2 rings (SSSR count). The van der Waals surface area contributed by atoms with Crippen molar-refractivity contribution in [2.24, 2.45) is 5.92 Å². The van der Waals surface area contributed by atoms with E-state index < -0.39 is 10.6 Å². The van der Waals surface area contributed by atoms with Gasteiger partial charge in [-0.3, -0.25) is 13.9 Å². The minimum Gasteiger partial charge on any atom is -0.299 e. The van der Waals surface area contributed by atoms with Gasteiger partial charge in [-0.25, -0.2) is 4.39 Å². The van der Waals surface area contributed by atoms with Crippen molar-refractivity contribution in [1.82, 2.24) is 0 Å². The number of benzene rings is 1. The third-order valence-corrected chi connectivity index (χ3v) is 4.87. The molecule has 0 aromatic heterocycles. The predicted molar refractivity (Wildman–Crippen MR) is 66.0 cm³/mol. The zero-order valence-electron chi connectivity index (χ0n) is 9.30. The summed E-state index contributed by atoms with van der Waals surface area (Å²) >= 11 is 0. The molecule has 0 aliphatic carbocycles. The van der Waals surface area contributed by atoms with Crippen LogP contribution in [0.15, 0.2) is 24.3 Å². The van der Waals surface area contributed by atoms with Crippen molar-refractivity contribution in [3.63, 3.8) is 0 Å². The van der Waals surface area contributed by atoms with E-state index in [0.717, 1.165) is 0 Å². The van der Waals surface area contributed by atoms with Crippen LogP contribution >= 0.6 is 10.6 Å². The highest BCUT2D eigenvalue weighted by molar-refractivity contribution is 8.24. The van der Waals surface area contributed by atoms with Crippen LogP contribution in [0.4, 0.5) is 4.39 Å². The molecule has 0 bridgehead atoms. The van der Waals surface area contributed by atoms with E-state index in [4.69, 9.17) is 0 Å². The van der Waals surface area contributed by atoms with Crippen LogP contribution in [0.25, 0.3) is 0 Å². The van der Waals surface area contributed by atoms with Gasteiger partial charge < -0.3 is 0 Å². The Kier molecular flexibility index (Phi) is 3.51. The van der Waals surface area contributed by atoms with Crippen LogP contribution in [0, 0.1) is 11.7 Å². The van der Waals surface area contributed by atoms with E-state index in [1.54, 1.807) is 0 Å². The Hall–Kier alpha value is -0.910.